The van der Waals surface area contributed by atoms with Crippen molar-refractivity contribution in [1.29, 1.82) is 0 Å². The van der Waals surface area contributed by atoms with Crippen LogP contribution >= 0.6 is 0 Å². The van der Waals surface area contributed by atoms with Crippen LogP contribution in [0.3, 0.4) is 0 Å². The summed E-state index contributed by atoms with van der Waals surface area (Å²) in [6.45, 7) is 6.28. The summed E-state index contributed by atoms with van der Waals surface area (Å²) < 4.78 is 0. The Bertz CT molecular complexity index is 584. The highest BCUT2D eigenvalue weighted by molar-refractivity contribution is 6.09. The molecule has 0 saturated heterocycles. The van der Waals surface area contributed by atoms with E-state index in [1.165, 1.54) is 5.56 Å². The molecule has 0 spiro atoms. The van der Waals surface area contributed by atoms with E-state index in [0.29, 0.717) is 5.57 Å². The number of carbonyl (C=O) groups is 1. The zero-order valence-corrected chi connectivity index (χ0v) is 12.6. The van der Waals surface area contributed by atoms with Gasteiger partial charge in [-0.25, -0.2) is 0 Å². The van der Waals surface area contributed by atoms with Gasteiger partial charge < -0.3 is 0 Å². The first kappa shape index (κ1) is 15.2. The molecule has 2 aromatic carbocycles. The molecule has 1 atom stereocenters. The average Bonchev–Trinajstić information content (AvgIpc) is 2.56. The molecule has 0 amide bonds. The van der Waals surface area contributed by atoms with E-state index < -0.39 is 0 Å². The second-order valence-electron chi connectivity index (χ2n) is 5.33. The number of unbranched alkanes of at least 4 members (excludes halogenated alkanes) is 1. The van der Waals surface area contributed by atoms with E-state index in [9.17, 15) is 4.79 Å². The van der Waals surface area contributed by atoms with Gasteiger partial charge in [-0.3, -0.25) is 4.79 Å². The summed E-state index contributed by atoms with van der Waals surface area (Å²) >= 11 is 0. The van der Waals surface area contributed by atoms with Gasteiger partial charge in [-0.15, -0.1) is 0 Å². The number of ketones is 1. The smallest absolute Gasteiger partial charge is 0.189 e. The van der Waals surface area contributed by atoms with Gasteiger partial charge in [0.15, 0.2) is 5.78 Å². The quantitative estimate of drug-likeness (QED) is 0.489. The van der Waals surface area contributed by atoms with Gasteiger partial charge in [0.2, 0.25) is 0 Å². The molecule has 0 bridgehead atoms. The minimum atomic E-state index is 0.0561. The predicted octanol–water partition coefficient (Wildman–Crippen LogP) is 5.40. The Balaban J connectivity index is 2.24. The van der Waals surface area contributed by atoms with Crippen molar-refractivity contribution < 1.29 is 4.79 Å². The number of hydrogen-bond acceptors (Lipinski definition) is 1. The van der Waals surface area contributed by atoms with E-state index in [1.807, 2.05) is 48.5 Å². The van der Waals surface area contributed by atoms with E-state index >= 15 is 0 Å². The fourth-order valence-electron chi connectivity index (χ4n) is 2.57. The Hall–Kier alpha value is -2.15. The molecular weight excluding hydrogens is 256 g/mol. The monoisotopic (exact) mass is 278 g/mol. The van der Waals surface area contributed by atoms with Crippen molar-refractivity contribution in [1.82, 2.24) is 0 Å². The van der Waals surface area contributed by atoms with E-state index in [4.69, 9.17) is 0 Å². The van der Waals surface area contributed by atoms with Gasteiger partial charge in [0, 0.05) is 17.1 Å². The van der Waals surface area contributed by atoms with Crippen LogP contribution in [-0.2, 0) is 0 Å². The Morgan fingerprint density at radius 3 is 2.14 bits per heavy atom. The number of hydrogen-bond donors (Lipinski definition) is 0. The van der Waals surface area contributed by atoms with Crippen molar-refractivity contribution in [3.8, 4) is 0 Å². The summed E-state index contributed by atoms with van der Waals surface area (Å²) in [6, 6.07) is 19.6. The van der Waals surface area contributed by atoms with E-state index in [-0.39, 0.29) is 11.7 Å². The summed E-state index contributed by atoms with van der Waals surface area (Å²) in [7, 11) is 0. The number of benzene rings is 2. The normalized spacial score (nSPS) is 11.9. The molecule has 0 aromatic heterocycles. The Morgan fingerprint density at radius 1 is 1.00 bits per heavy atom. The zero-order valence-electron chi connectivity index (χ0n) is 12.6. The Kier molecular flexibility index (Phi) is 5.51. The third kappa shape index (κ3) is 3.91. The third-order valence-corrected chi connectivity index (χ3v) is 3.80. The topological polar surface area (TPSA) is 17.1 Å². The van der Waals surface area contributed by atoms with Gasteiger partial charge in [-0.1, -0.05) is 87.0 Å². The highest BCUT2D eigenvalue weighted by Crippen LogP contribution is 2.30. The molecular formula is C20H22O. The van der Waals surface area contributed by atoms with Gasteiger partial charge >= 0.3 is 0 Å². The van der Waals surface area contributed by atoms with Crippen molar-refractivity contribution in [3.05, 3.63) is 83.9 Å². The predicted molar refractivity (Wildman–Crippen MR) is 88.6 cm³/mol. The molecule has 0 heterocycles. The zero-order chi connectivity index (χ0) is 15.1. The van der Waals surface area contributed by atoms with Crippen LogP contribution in [0.25, 0.3) is 0 Å². The minimum Gasteiger partial charge on any atom is -0.289 e. The average molecular weight is 278 g/mol. The second kappa shape index (κ2) is 7.58. The lowest BCUT2D eigenvalue weighted by molar-refractivity contribution is 0.102. The Labute approximate surface area is 127 Å². The number of Topliss-reactive ketones (excluding diaryl/α,β-unsaturated/α-hetero) is 1. The molecule has 1 heteroatoms. The third-order valence-electron chi connectivity index (χ3n) is 3.80. The van der Waals surface area contributed by atoms with E-state index in [0.717, 1.165) is 24.8 Å². The van der Waals surface area contributed by atoms with Crippen LogP contribution in [0.4, 0.5) is 0 Å². The van der Waals surface area contributed by atoms with Crippen molar-refractivity contribution in [3.63, 3.8) is 0 Å². The van der Waals surface area contributed by atoms with Crippen LogP contribution in [0, 0.1) is 0 Å². The second-order valence-corrected chi connectivity index (χ2v) is 5.33. The first-order valence-electron chi connectivity index (χ1n) is 7.57. The van der Waals surface area contributed by atoms with Crippen LogP contribution in [0.1, 0.15) is 48.0 Å². The first-order chi connectivity index (χ1) is 10.2. The van der Waals surface area contributed by atoms with Crippen molar-refractivity contribution in [2.45, 2.75) is 32.1 Å². The van der Waals surface area contributed by atoms with Crippen LogP contribution in [-0.4, -0.2) is 5.78 Å². The van der Waals surface area contributed by atoms with Gasteiger partial charge in [-0.2, -0.15) is 0 Å². The van der Waals surface area contributed by atoms with Crippen LogP contribution < -0.4 is 0 Å². The van der Waals surface area contributed by atoms with Crippen molar-refractivity contribution >= 4 is 5.78 Å². The summed E-state index contributed by atoms with van der Waals surface area (Å²) in [5.74, 6) is 0.166. The van der Waals surface area contributed by atoms with Crippen LogP contribution in [0.5, 0.6) is 0 Å². The van der Waals surface area contributed by atoms with Crippen LogP contribution in [0.15, 0.2) is 72.8 Å². The number of carbonyl (C=O) groups excluding carboxylic acids is 1. The maximum atomic E-state index is 12.6. The maximum Gasteiger partial charge on any atom is 0.189 e. The largest absolute Gasteiger partial charge is 0.289 e. The van der Waals surface area contributed by atoms with Crippen molar-refractivity contribution in [2.24, 2.45) is 0 Å². The Morgan fingerprint density at radius 2 is 1.57 bits per heavy atom. The molecule has 2 aromatic rings. The lowest BCUT2D eigenvalue weighted by atomic mass is 9.84. The highest BCUT2D eigenvalue weighted by Gasteiger charge is 2.21. The molecule has 0 N–H and O–H groups in total. The summed E-state index contributed by atoms with van der Waals surface area (Å²) in [5, 5.41) is 0. The first-order valence-corrected chi connectivity index (χ1v) is 7.57. The van der Waals surface area contributed by atoms with Crippen molar-refractivity contribution in [2.75, 3.05) is 0 Å². The molecule has 0 radical (unpaired) electrons. The molecule has 0 unspecified atom stereocenters. The fourth-order valence-corrected chi connectivity index (χ4v) is 2.57. The molecule has 21 heavy (non-hydrogen) atoms. The van der Waals surface area contributed by atoms with Gasteiger partial charge in [0.25, 0.3) is 0 Å². The minimum absolute atomic E-state index is 0.0561. The molecule has 0 aliphatic heterocycles. The molecule has 0 fully saturated rings. The number of rotatable bonds is 7. The maximum absolute atomic E-state index is 12.6. The highest BCUT2D eigenvalue weighted by atomic mass is 16.1. The molecule has 1 nitrogen and oxygen atoms in total. The van der Waals surface area contributed by atoms with Gasteiger partial charge in [0.05, 0.1) is 0 Å². The molecule has 2 rings (SSSR count). The number of allylic oxidation sites excluding steroid dienone is 1. The van der Waals surface area contributed by atoms with Crippen LogP contribution in [0.2, 0.25) is 0 Å². The molecule has 0 aliphatic carbocycles. The molecule has 0 aliphatic rings. The summed E-state index contributed by atoms with van der Waals surface area (Å²) in [6.07, 6.45) is 3.19. The fraction of sp³-hybridized carbons (Fsp3) is 0.250. The molecule has 0 saturated carbocycles. The lowest BCUT2D eigenvalue weighted by Crippen LogP contribution is -2.11. The lowest BCUT2D eigenvalue weighted by Gasteiger charge is -2.19. The van der Waals surface area contributed by atoms with Gasteiger partial charge in [0.1, 0.15) is 0 Å². The van der Waals surface area contributed by atoms with Gasteiger partial charge in [-0.05, 0) is 12.0 Å². The standard InChI is InChI=1S/C20H22O/c1-3-4-15-19(17-11-7-5-8-12-17)16(2)20(21)18-13-9-6-10-14-18/h5-14,19H,2-4,15H2,1H3/t19-/m0/s1. The summed E-state index contributed by atoms with van der Waals surface area (Å²) in [4.78, 5) is 12.6. The van der Waals surface area contributed by atoms with E-state index in [1.54, 1.807) is 0 Å². The molecule has 108 valence electrons. The summed E-state index contributed by atoms with van der Waals surface area (Å²) in [5.41, 5.74) is 2.60. The SMILES string of the molecule is C=C(C(=O)c1ccccc1)[C@H](CCCC)c1ccccc1. The van der Waals surface area contributed by atoms with E-state index in [2.05, 4.69) is 25.6 Å².